The summed E-state index contributed by atoms with van der Waals surface area (Å²) in [6.45, 7) is 5.62. The van der Waals surface area contributed by atoms with Crippen LogP contribution >= 0.6 is 0 Å². The molecule has 112 valence electrons. The third-order valence-electron chi connectivity index (χ3n) is 4.31. The van der Waals surface area contributed by atoms with Crippen LogP contribution in [0, 0.1) is 5.92 Å². The Morgan fingerprint density at radius 3 is 3.10 bits per heavy atom. The number of hydrogen-bond donors (Lipinski definition) is 1. The average molecular weight is 287 g/mol. The van der Waals surface area contributed by atoms with Crippen molar-refractivity contribution >= 4 is 11.6 Å². The van der Waals surface area contributed by atoms with E-state index in [2.05, 4.69) is 16.8 Å². The Labute approximate surface area is 124 Å². The molecular formula is C16H21N3O2. The Balaban J connectivity index is 1.81. The first-order chi connectivity index (χ1) is 10.2. The number of pyridine rings is 1. The van der Waals surface area contributed by atoms with Gasteiger partial charge in [0.1, 0.15) is 11.3 Å². The third kappa shape index (κ3) is 2.93. The van der Waals surface area contributed by atoms with Crippen LogP contribution in [0.15, 0.2) is 24.4 Å². The fraction of sp³-hybridized carbons (Fsp3) is 0.500. The van der Waals surface area contributed by atoms with Crippen molar-refractivity contribution in [3.63, 3.8) is 0 Å². The van der Waals surface area contributed by atoms with Gasteiger partial charge in [-0.15, -0.1) is 0 Å². The second-order valence-corrected chi connectivity index (χ2v) is 5.78. The van der Waals surface area contributed by atoms with E-state index < -0.39 is 5.97 Å². The molecule has 0 bridgehead atoms. The van der Waals surface area contributed by atoms with Gasteiger partial charge in [0, 0.05) is 12.7 Å². The first-order valence-corrected chi connectivity index (χ1v) is 7.60. The van der Waals surface area contributed by atoms with Gasteiger partial charge < -0.3 is 10.0 Å². The minimum absolute atomic E-state index is 0.269. The van der Waals surface area contributed by atoms with Crippen molar-refractivity contribution in [1.82, 2.24) is 14.3 Å². The topological polar surface area (TPSA) is 57.8 Å². The molecule has 1 fully saturated rings. The molecule has 3 rings (SSSR count). The van der Waals surface area contributed by atoms with Gasteiger partial charge in [0.25, 0.3) is 0 Å². The van der Waals surface area contributed by atoms with Gasteiger partial charge in [0.2, 0.25) is 0 Å². The molecule has 5 heteroatoms. The summed E-state index contributed by atoms with van der Waals surface area (Å²) in [5, 5.41) is 9.22. The molecule has 0 aromatic carbocycles. The average Bonchev–Trinajstić information content (AvgIpc) is 2.89. The lowest BCUT2D eigenvalue weighted by molar-refractivity contribution is 0.0689. The maximum atomic E-state index is 11.2. The summed E-state index contributed by atoms with van der Waals surface area (Å²) in [5.41, 5.74) is 1.98. The number of hydrogen-bond acceptors (Lipinski definition) is 3. The van der Waals surface area contributed by atoms with Crippen LogP contribution in [-0.4, -0.2) is 45.0 Å². The molecule has 21 heavy (non-hydrogen) atoms. The van der Waals surface area contributed by atoms with E-state index in [1.165, 1.54) is 19.4 Å². The van der Waals surface area contributed by atoms with Gasteiger partial charge >= 0.3 is 5.97 Å². The summed E-state index contributed by atoms with van der Waals surface area (Å²) in [6, 6.07) is 5.21. The summed E-state index contributed by atoms with van der Waals surface area (Å²) in [4.78, 5) is 18.3. The predicted molar refractivity (Wildman–Crippen MR) is 80.7 cm³/mol. The van der Waals surface area contributed by atoms with Crippen LogP contribution < -0.4 is 0 Å². The first kappa shape index (κ1) is 14.1. The number of likely N-dealkylation sites (tertiary alicyclic amines) is 1. The first-order valence-electron chi connectivity index (χ1n) is 7.60. The van der Waals surface area contributed by atoms with Crippen molar-refractivity contribution in [2.45, 2.75) is 26.2 Å². The molecule has 2 aromatic heterocycles. The lowest BCUT2D eigenvalue weighted by Crippen LogP contribution is -2.35. The van der Waals surface area contributed by atoms with Crippen LogP contribution in [0.25, 0.3) is 5.65 Å². The SMILES string of the molecule is CCN1CCCC(Cc2cn3c(C(=O)O)cccc3n2)C1. The summed E-state index contributed by atoms with van der Waals surface area (Å²) < 4.78 is 1.68. The van der Waals surface area contributed by atoms with E-state index >= 15 is 0 Å². The molecule has 3 heterocycles. The highest BCUT2D eigenvalue weighted by Crippen LogP contribution is 2.21. The normalized spacial score (nSPS) is 20.0. The van der Waals surface area contributed by atoms with Crippen molar-refractivity contribution in [2.75, 3.05) is 19.6 Å². The smallest absolute Gasteiger partial charge is 0.352 e. The molecule has 0 spiro atoms. The zero-order valence-corrected chi connectivity index (χ0v) is 12.3. The summed E-state index contributed by atoms with van der Waals surface area (Å²) in [5.74, 6) is -0.295. The van der Waals surface area contributed by atoms with Gasteiger partial charge in [-0.3, -0.25) is 4.40 Å². The lowest BCUT2D eigenvalue weighted by atomic mass is 9.94. The van der Waals surface area contributed by atoms with Crippen LogP contribution in [0.5, 0.6) is 0 Å². The van der Waals surface area contributed by atoms with Crippen LogP contribution in [0.3, 0.4) is 0 Å². The third-order valence-corrected chi connectivity index (χ3v) is 4.31. The number of imidazole rings is 1. The van der Waals surface area contributed by atoms with Gasteiger partial charge in [0.15, 0.2) is 0 Å². The van der Waals surface area contributed by atoms with Crippen molar-refractivity contribution in [2.24, 2.45) is 5.92 Å². The van der Waals surface area contributed by atoms with Gasteiger partial charge in [0.05, 0.1) is 5.69 Å². The Bertz CT molecular complexity index is 650. The molecule has 1 unspecified atom stereocenters. The monoisotopic (exact) mass is 287 g/mol. The quantitative estimate of drug-likeness (QED) is 0.937. The molecule has 2 aromatic rings. The fourth-order valence-electron chi connectivity index (χ4n) is 3.23. The number of carbonyl (C=O) groups is 1. The predicted octanol–water partition coefficient (Wildman–Crippen LogP) is 2.31. The number of aromatic nitrogens is 2. The van der Waals surface area contributed by atoms with Gasteiger partial charge in [-0.2, -0.15) is 0 Å². The molecule has 1 N–H and O–H groups in total. The largest absolute Gasteiger partial charge is 0.477 e. The molecule has 1 aliphatic heterocycles. The molecule has 1 aliphatic rings. The number of carboxylic acids is 1. The zero-order chi connectivity index (χ0) is 14.8. The van der Waals surface area contributed by atoms with Crippen LogP contribution in [0.4, 0.5) is 0 Å². The summed E-state index contributed by atoms with van der Waals surface area (Å²) in [7, 11) is 0. The number of carboxylic acid groups (broad SMARTS) is 1. The van der Waals surface area contributed by atoms with Crippen molar-refractivity contribution in [3.05, 3.63) is 35.8 Å². The van der Waals surface area contributed by atoms with Crippen molar-refractivity contribution < 1.29 is 9.90 Å². The molecule has 0 saturated carbocycles. The second-order valence-electron chi connectivity index (χ2n) is 5.78. The Morgan fingerprint density at radius 2 is 2.33 bits per heavy atom. The Morgan fingerprint density at radius 1 is 1.48 bits per heavy atom. The van der Waals surface area contributed by atoms with E-state index in [9.17, 15) is 9.90 Å². The van der Waals surface area contributed by atoms with Crippen LogP contribution in [-0.2, 0) is 6.42 Å². The van der Waals surface area contributed by atoms with E-state index in [1.807, 2.05) is 12.3 Å². The zero-order valence-electron chi connectivity index (χ0n) is 12.3. The van der Waals surface area contributed by atoms with E-state index in [0.717, 1.165) is 25.2 Å². The maximum Gasteiger partial charge on any atom is 0.352 e. The highest BCUT2D eigenvalue weighted by Gasteiger charge is 2.20. The van der Waals surface area contributed by atoms with E-state index in [4.69, 9.17) is 0 Å². The molecular weight excluding hydrogens is 266 g/mol. The molecule has 1 saturated heterocycles. The van der Waals surface area contributed by atoms with E-state index in [1.54, 1.807) is 16.5 Å². The highest BCUT2D eigenvalue weighted by molar-refractivity contribution is 5.86. The molecule has 0 radical (unpaired) electrons. The number of aromatic carboxylic acids is 1. The minimum atomic E-state index is -0.917. The number of piperidine rings is 1. The van der Waals surface area contributed by atoms with Crippen molar-refractivity contribution in [3.8, 4) is 0 Å². The van der Waals surface area contributed by atoms with Crippen molar-refractivity contribution in [1.29, 1.82) is 0 Å². The second kappa shape index (κ2) is 5.85. The lowest BCUT2D eigenvalue weighted by Gasteiger charge is -2.31. The van der Waals surface area contributed by atoms with E-state index in [-0.39, 0.29) is 5.69 Å². The molecule has 0 aliphatic carbocycles. The fourth-order valence-corrected chi connectivity index (χ4v) is 3.23. The molecule has 5 nitrogen and oxygen atoms in total. The Kier molecular flexibility index (Phi) is 3.92. The standard InChI is InChI=1S/C16H21N3O2/c1-2-18-8-4-5-12(10-18)9-13-11-19-14(16(20)21)6-3-7-15(19)17-13/h3,6-7,11-12H,2,4-5,8-10H2,1H3,(H,20,21). The number of fused-ring (bicyclic) bond motifs is 1. The van der Waals surface area contributed by atoms with E-state index in [0.29, 0.717) is 11.6 Å². The summed E-state index contributed by atoms with van der Waals surface area (Å²) in [6.07, 6.45) is 5.28. The van der Waals surface area contributed by atoms with Gasteiger partial charge in [-0.25, -0.2) is 9.78 Å². The number of nitrogens with zero attached hydrogens (tertiary/aromatic N) is 3. The van der Waals surface area contributed by atoms with Gasteiger partial charge in [-0.1, -0.05) is 13.0 Å². The van der Waals surface area contributed by atoms with Crippen LogP contribution in [0.2, 0.25) is 0 Å². The Hall–Kier alpha value is -1.88. The molecule has 0 amide bonds. The minimum Gasteiger partial charge on any atom is -0.477 e. The highest BCUT2D eigenvalue weighted by atomic mass is 16.4. The summed E-state index contributed by atoms with van der Waals surface area (Å²) >= 11 is 0. The van der Waals surface area contributed by atoms with Gasteiger partial charge in [-0.05, 0) is 50.4 Å². The maximum absolute atomic E-state index is 11.2. The number of rotatable bonds is 4. The molecule has 1 atom stereocenters. The van der Waals surface area contributed by atoms with Crippen LogP contribution in [0.1, 0.15) is 35.9 Å².